The maximum atomic E-state index is 11.3. The summed E-state index contributed by atoms with van der Waals surface area (Å²) in [4.78, 5) is 11.3. The molecule has 0 atom stereocenters. The second-order valence-corrected chi connectivity index (χ2v) is 4.50. The van der Waals surface area contributed by atoms with Crippen LogP contribution in [0.1, 0.15) is 35.4 Å². The second-order valence-electron chi connectivity index (χ2n) is 4.50. The van der Waals surface area contributed by atoms with Crippen LogP contribution in [-0.2, 0) is 18.2 Å². The van der Waals surface area contributed by atoms with Crippen molar-refractivity contribution in [2.75, 3.05) is 7.11 Å². The van der Waals surface area contributed by atoms with Gasteiger partial charge in [-0.1, -0.05) is 0 Å². The van der Waals surface area contributed by atoms with E-state index in [4.69, 9.17) is 5.73 Å². The molecule has 5 nitrogen and oxygen atoms in total. The average Bonchev–Trinajstić information content (AvgIpc) is 2.88. The molecule has 0 unspecified atom stereocenters. The van der Waals surface area contributed by atoms with Crippen LogP contribution in [0.25, 0.3) is 0 Å². The summed E-state index contributed by atoms with van der Waals surface area (Å²) in [5.41, 5.74) is 7.44. The molecule has 16 heavy (non-hydrogen) atoms. The van der Waals surface area contributed by atoms with Crippen LogP contribution in [0.4, 0.5) is 0 Å². The summed E-state index contributed by atoms with van der Waals surface area (Å²) in [7, 11) is 3.19. The van der Waals surface area contributed by atoms with E-state index in [0.717, 1.165) is 31.4 Å². The Morgan fingerprint density at radius 3 is 2.94 bits per heavy atom. The summed E-state index contributed by atoms with van der Waals surface area (Å²) in [6.45, 7) is 0. The Bertz CT molecular complexity index is 407. The number of hydrogen-bond donors (Lipinski definition) is 1. The SMILES string of the molecule is COC(=O)c1cc(CCC2(N)CC2)n(C)n1. The molecule has 2 N–H and O–H groups in total. The van der Waals surface area contributed by atoms with E-state index in [1.54, 1.807) is 10.7 Å². The molecule has 1 fully saturated rings. The van der Waals surface area contributed by atoms with Crippen molar-refractivity contribution in [1.29, 1.82) is 0 Å². The van der Waals surface area contributed by atoms with E-state index in [1.165, 1.54) is 7.11 Å². The first-order valence-electron chi connectivity index (χ1n) is 5.44. The molecule has 2 rings (SSSR count). The lowest BCUT2D eigenvalue weighted by molar-refractivity contribution is 0.0593. The van der Waals surface area contributed by atoms with E-state index >= 15 is 0 Å². The van der Waals surface area contributed by atoms with E-state index in [1.807, 2.05) is 7.05 Å². The number of nitrogens with two attached hydrogens (primary N) is 1. The molecule has 88 valence electrons. The van der Waals surface area contributed by atoms with Gasteiger partial charge in [0.2, 0.25) is 0 Å². The fraction of sp³-hybridized carbons (Fsp3) is 0.636. The third kappa shape index (κ3) is 2.24. The predicted molar refractivity (Wildman–Crippen MR) is 59.0 cm³/mol. The fourth-order valence-electron chi connectivity index (χ4n) is 1.73. The van der Waals surface area contributed by atoms with Gasteiger partial charge in [-0.2, -0.15) is 5.10 Å². The summed E-state index contributed by atoms with van der Waals surface area (Å²) < 4.78 is 6.34. The van der Waals surface area contributed by atoms with Crippen LogP contribution >= 0.6 is 0 Å². The van der Waals surface area contributed by atoms with Crippen molar-refractivity contribution in [3.63, 3.8) is 0 Å². The molecule has 0 spiro atoms. The number of rotatable bonds is 4. The highest BCUT2D eigenvalue weighted by molar-refractivity contribution is 5.87. The normalized spacial score (nSPS) is 17.2. The van der Waals surface area contributed by atoms with Gasteiger partial charge in [-0.05, 0) is 31.7 Å². The topological polar surface area (TPSA) is 70.1 Å². The highest BCUT2D eigenvalue weighted by Gasteiger charge is 2.37. The van der Waals surface area contributed by atoms with Crippen LogP contribution in [0.2, 0.25) is 0 Å². The van der Waals surface area contributed by atoms with Crippen molar-refractivity contribution in [2.24, 2.45) is 12.8 Å². The Hall–Kier alpha value is -1.36. The van der Waals surface area contributed by atoms with E-state index in [2.05, 4.69) is 9.84 Å². The Balaban J connectivity index is 2.03. The standard InChI is InChI=1S/C11H17N3O2/c1-14-8(3-4-11(12)5-6-11)7-9(13-14)10(15)16-2/h7H,3-6,12H2,1-2H3. The van der Waals surface area contributed by atoms with Gasteiger partial charge in [0, 0.05) is 18.3 Å². The van der Waals surface area contributed by atoms with Crippen molar-refractivity contribution < 1.29 is 9.53 Å². The van der Waals surface area contributed by atoms with Crippen molar-refractivity contribution in [1.82, 2.24) is 9.78 Å². The number of hydrogen-bond acceptors (Lipinski definition) is 4. The van der Waals surface area contributed by atoms with Gasteiger partial charge in [0.05, 0.1) is 7.11 Å². The summed E-state index contributed by atoms with van der Waals surface area (Å²) in [5.74, 6) is -0.393. The summed E-state index contributed by atoms with van der Waals surface area (Å²) in [6, 6.07) is 1.78. The highest BCUT2D eigenvalue weighted by Crippen LogP contribution is 2.36. The third-order valence-electron chi connectivity index (χ3n) is 3.14. The lowest BCUT2D eigenvalue weighted by Gasteiger charge is -2.07. The van der Waals surface area contributed by atoms with Crippen LogP contribution in [-0.4, -0.2) is 28.4 Å². The number of nitrogens with zero attached hydrogens (tertiary/aromatic N) is 2. The van der Waals surface area contributed by atoms with Crippen LogP contribution in [0.3, 0.4) is 0 Å². The highest BCUT2D eigenvalue weighted by atomic mass is 16.5. The van der Waals surface area contributed by atoms with Crippen molar-refractivity contribution >= 4 is 5.97 Å². The van der Waals surface area contributed by atoms with E-state index in [-0.39, 0.29) is 5.54 Å². The molecule has 1 aliphatic rings. The van der Waals surface area contributed by atoms with Gasteiger partial charge >= 0.3 is 5.97 Å². The summed E-state index contributed by atoms with van der Waals surface area (Å²) in [5, 5.41) is 4.10. The number of carbonyl (C=O) groups excluding carboxylic acids is 1. The first-order chi connectivity index (χ1) is 7.54. The fourth-order valence-corrected chi connectivity index (χ4v) is 1.73. The number of carbonyl (C=O) groups is 1. The van der Waals surface area contributed by atoms with Gasteiger partial charge < -0.3 is 10.5 Å². The number of aryl methyl sites for hydroxylation is 2. The Morgan fingerprint density at radius 2 is 2.38 bits per heavy atom. The number of esters is 1. The van der Waals surface area contributed by atoms with E-state index in [9.17, 15) is 4.79 Å². The molecule has 0 aliphatic heterocycles. The molecule has 1 aromatic rings. The summed E-state index contributed by atoms with van der Waals surface area (Å²) >= 11 is 0. The third-order valence-corrected chi connectivity index (χ3v) is 3.14. The van der Waals surface area contributed by atoms with E-state index < -0.39 is 5.97 Å². The minimum absolute atomic E-state index is 0.0374. The molecule has 1 aromatic heterocycles. The molecular formula is C11H17N3O2. The van der Waals surface area contributed by atoms with Crippen molar-refractivity contribution in [3.05, 3.63) is 17.5 Å². The maximum absolute atomic E-state index is 11.3. The monoisotopic (exact) mass is 223 g/mol. The number of methoxy groups -OCH3 is 1. The van der Waals surface area contributed by atoms with E-state index in [0.29, 0.717) is 5.69 Å². The van der Waals surface area contributed by atoms with Gasteiger partial charge in [-0.25, -0.2) is 4.79 Å². The zero-order chi connectivity index (χ0) is 11.8. The number of aromatic nitrogens is 2. The minimum Gasteiger partial charge on any atom is -0.464 e. The molecule has 5 heteroatoms. The van der Waals surface area contributed by atoms with Gasteiger partial charge in [0.25, 0.3) is 0 Å². The quantitative estimate of drug-likeness (QED) is 0.760. The van der Waals surface area contributed by atoms with Crippen LogP contribution in [0, 0.1) is 0 Å². The Kier molecular flexibility index (Phi) is 2.71. The van der Waals surface area contributed by atoms with Crippen LogP contribution < -0.4 is 5.73 Å². The number of ether oxygens (including phenoxy) is 1. The molecule has 1 aliphatic carbocycles. The molecule has 0 amide bonds. The Morgan fingerprint density at radius 1 is 1.69 bits per heavy atom. The minimum atomic E-state index is -0.393. The van der Waals surface area contributed by atoms with Crippen LogP contribution in [0.15, 0.2) is 6.07 Å². The Labute approximate surface area is 94.6 Å². The maximum Gasteiger partial charge on any atom is 0.358 e. The molecule has 0 saturated heterocycles. The first-order valence-corrected chi connectivity index (χ1v) is 5.44. The molecule has 0 radical (unpaired) electrons. The molecular weight excluding hydrogens is 206 g/mol. The van der Waals surface area contributed by atoms with Crippen molar-refractivity contribution in [2.45, 2.75) is 31.2 Å². The largest absolute Gasteiger partial charge is 0.464 e. The zero-order valence-corrected chi connectivity index (χ0v) is 9.69. The smallest absolute Gasteiger partial charge is 0.358 e. The lowest BCUT2D eigenvalue weighted by Crippen LogP contribution is -2.22. The molecule has 0 bridgehead atoms. The van der Waals surface area contributed by atoms with Gasteiger partial charge in [0.1, 0.15) is 0 Å². The zero-order valence-electron chi connectivity index (χ0n) is 9.69. The average molecular weight is 223 g/mol. The molecule has 1 heterocycles. The molecule has 0 aromatic carbocycles. The summed E-state index contributed by atoms with van der Waals surface area (Å²) in [6.07, 6.45) is 4.02. The second kappa shape index (κ2) is 3.90. The van der Waals surface area contributed by atoms with Gasteiger partial charge in [-0.15, -0.1) is 0 Å². The van der Waals surface area contributed by atoms with Gasteiger partial charge in [-0.3, -0.25) is 4.68 Å². The van der Waals surface area contributed by atoms with Crippen molar-refractivity contribution in [3.8, 4) is 0 Å². The molecule has 1 saturated carbocycles. The predicted octanol–water partition coefficient (Wildman–Crippen LogP) is 0.631. The van der Waals surface area contributed by atoms with Gasteiger partial charge in [0.15, 0.2) is 5.69 Å². The van der Waals surface area contributed by atoms with Crippen LogP contribution in [0.5, 0.6) is 0 Å². The lowest BCUT2D eigenvalue weighted by atomic mass is 10.1. The first kappa shape index (κ1) is 11.1.